The average molecular weight is 347 g/mol. The van der Waals surface area contributed by atoms with Crippen molar-refractivity contribution < 1.29 is 4.42 Å². The number of rotatable bonds is 1. The van der Waals surface area contributed by atoms with E-state index in [0.717, 1.165) is 54.9 Å². The molecule has 0 saturated carbocycles. The zero-order valence-corrected chi connectivity index (χ0v) is 14.3. The third-order valence-electron chi connectivity index (χ3n) is 5.03. The summed E-state index contributed by atoms with van der Waals surface area (Å²) >= 11 is 0. The third-order valence-corrected chi connectivity index (χ3v) is 5.03. The smallest absolute Gasteiger partial charge is 0.135 e. The van der Waals surface area contributed by atoms with Gasteiger partial charge in [-0.1, -0.05) is 36.4 Å². The summed E-state index contributed by atoms with van der Waals surface area (Å²) in [6.45, 7) is 0. The first-order chi connectivity index (χ1) is 13.4. The summed E-state index contributed by atoms with van der Waals surface area (Å²) in [5, 5.41) is 4.18. The highest BCUT2D eigenvalue weighted by molar-refractivity contribution is 6.19. The molecule has 0 saturated heterocycles. The summed E-state index contributed by atoms with van der Waals surface area (Å²) < 4.78 is 5.79. The Hall–Kier alpha value is -3.79. The van der Waals surface area contributed by atoms with E-state index >= 15 is 0 Å². The first-order valence-corrected chi connectivity index (χ1v) is 8.79. The van der Waals surface area contributed by atoms with E-state index in [1.165, 1.54) is 0 Å². The number of hydrogen-bond acceptors (Lipinski definition) is 4. The second-order valence-electron chi connectivity index (χ2n) is 6.54. The maximum absolute atomic E-state index is 5.79. The van der Waals surface area contributed by atoms with Gasteiger partial charge in [-0.3, -0.25) is 9.97 Å². The normalized spacial score (nSPS) is 11.7. The van der Waals surface area contributed by atoms with Gasteiger partial charge in [-0.15, -0.1) is 0 Å². The van der Waals surface area contributed by atoms with Crippen LogP contribution in [0.15, 0.2) is 83.7 Å². The molecule has 6 rings (SSSR count). The van der Waals surface area contributed by atoms with Crippen LogP contribution in [-0.2, 0) is 0 Å². The van der Waals surface area contributed by atoms with E-state index in [4.69, 9.17) is 9.40 Å². The molecule has 4 aromatic heterocycles. The van der Waals surface area contributed by atoms with Crippen LogP contribution >= 0.6 is 0 Å². The van der Waals surface area contributed by atoms with Crippen molar-refractivity contribution in [2.45, 2.75) is 0 Å². The maximum Gasteiger partial charge on any atom is 0.135 e. The predicted molar refractivity (Wildman–Crippen MR) is 108 cm³/mol. The third kappa shape index (κ3) is 2.01. The van der Waals surface area contributed by atoms with Crippen LogP contribution in [0.3, 0.4) is 0 Å². The van der Waals surface area contributed by atoms with E-state index in [1.807, 2.05) is 36.7 Å². The van der Waals surface area contributed by atoms with E-state index in [1.54, 1.807) is 6.26 Å². The zero-order chi connectivity index (χ0) is 17.8. The van der Waals surface area contributed by atoms with Crippen LogP contribution in [0.5, 0.6) is 0 Å². The van der Waals surface area contributed by atoms with Gasteiger partial charge in [0, 0.05) is 39.5 Å². The Morgan fingerprint density at radius 3 is 1.78 bits per heavy atom. The van der Waals surface area contributed by atoms with Crippen LogP contribution in [0.2, 0.25) is 0 Å². The summed E-state index contributed by atoms with van der Waals surface area (Å²) in [7, 11) is 0. The molecule has 4 heterocycles. The fourth-order valence-electron chi connectivity index (χ4n) is 3.83. The largest absolute Gasteiger partial charge is 0.464 e. The molecule has 4 heteroatoms. The molecule has 0 amide bonds. The van der Waals surface area contributed by atoms with Crippen LogP contribution < -0.4 is 0 Å². The van der Waals surface area contributed by atoms with Gasteiger partial charge in [0.25, 0.3) is 0 Å². The Bertz CT molecular complexity index is 1380. The van der Waals surface area contributed by atoms with Crippen molar-refractivity contribution in [1.29, 1.82) is 0 Å². The fraction of sp³-hybridized carbons (Fsp3) is 0. The van der Waals surface area contributed by atoms with Crippen LogP contribution in [0.25, 0.3) is 54.9 Å². The van der Waals surface area contributed by atoms with Gasteiger partial charge in [0.1, 0.15) is 5.76 Å². The van der Waals surface area contributed by atoms with Gasteiger partial charge < -0.3 is 4.42 Å². The zero-order valence-electron chi connectivity index (χ0n) is 14.3. The molecule has 0 N–H and O–H groups in total. The van der Waals surface area contributed by atoms with E-state index < -0.39 is 0 Å². The lowest BCUT2D eigenvalue weighted by molar-refractivity contribution is 0.583. The standard InChI is InChI=1S/C23H13N3O/c1-4-14-7-9-16-19(18-6-3-13-27-18)17-10-8-15-5-2-12-25-21(15)23(17)26-22(16)20(14)24-11-1/h1-13H. The van der Waals surface area contributed by atoms with Gasteiger partial charge in [-0.05, 0) is 24.3 Å². The van der Waals surface area contributed by atoms with Crippen molar-refractivity contribution >= 4 is 43.6 Å². The number of pyridine rings is 3. The number of nitrogens with zero attached hydrogens (tertiary/aromatic N) is 3. The first kappa shape index (κ1) is 14.4. The minimum absolute atomic E-state index is 0.818. The van der Waals surface area contributed by atoms with Gasteiger partial charge in [0.2, 0.25) is 0 Å². The van der Waals surface area contributed by atoms with Crippen molar-refractivity contribution in [3.05, 3.63) is 79.3 Å². The van der Waals surface area contributed by atoms with Gasteiger partial charge >= 0.3 is 0 Å². The van der Waals surface area contributed by atoms with Crippen molar-refractivity contribution in [2.24, 2.45) is 0 Å². The molecule has 0 bridgehead atoms. The number of benzene rings is 2. The molecule has 0 aliphatic heterocycles. The number of aromatic nitrogens is 3. The highest BCUT2D eigenvalue weighted by atomic mass is 16.3. The van der Waals surface area contributed by atoms with E-state index in [-0.39, 0.29) is 0 Å². The van der Waals surface area contributed by atoms with Crippen molar-refractivity contribution in [2.75, 3.05) is 0 Å². The van der Waals surface area contributed by atoms with Gasteiger partial charge in [0.05, 0.1) is 28.3 Å². The quantitative estimate of drug-likeness (QED) is 0.281. The molecule has 6 aromatic rings. The topological polar surface area (TPSA) is 51.8 Å². The van der Waals surface area contributed by atoms with E-state index in [9.17, 15) is 0 Å². The molecule has 0 atom stereocenters. The van der Waals surface area contributed by atoms with E-state index in [2.05, 4.69) is 46.4 Å². The number of furan rings is 1. The molecule has 0 radical (unpaired) electrons. The maximum atomic E-state index is 5.79. The Morgan fingerprint density at radius 2 is 1.22 bits per heavy atom. The lowest BCUT2D eigenvalue weighted by Crippen LogP contribution is -1.93. The summed E-state index contributed by atoms with van der Waals surface area (Å²) in [4.78, 5) is 14.2. The lowest BCUT2D eigenvalue weighted by atomic mass is 9.98. The highest BCUT2D eigenvalue weighted by Gasteiger charge is 2.17. The number of hydrogen-bond donors (Lipinski definition) is 0. The predicted octanol–water partition coefficient (Wildman–Crippen LogP) is 5.74. The molecule has 0 aliphatic carbocycles. The molecule has 4 nitrogen and oxygen atoms in total. The van der Waals surface area contributed by atoms with Crippen LogP contribution in [0, 0.1) is 0 Å². The molecule has 0 unspecified atom stereocenters. The van der Waals surface area contributed by atoms with Gasteiger partial charge in [-0.2, -0.15) is 0 Å². The Kier molecular flexibility index (Phi) is 2.85. The van der Waals surface area contributed by atoms with Crippen LogP contribution in [-0.4, -0.2) is 15.0 Å². The molecule has 0 spiro atoms. The molecule has 27 heavy (non-hydrogen) atoms. The molecule has 126 valence electrons. The number of fused-ring (bicyclic) bond motifs is 6. The van der Waals surface area contributed by atoms with E-state index in [0.29, 0.717) is 0 Å². The monoisotopic (exact) mass is 347 g/mol. The molecule has 0 aliphatic rings. The van der Waals surface area contributed by atoms with Gasteiger partial charge in [0.15, 0.2) is 0 Å². The second-order valence-corrected chi connectivity index (χ2v) is 6.54. The van der Waals surface area contributed by atoms with Gasteiger partial charge in [-0.25, -0.2) is 4.98 Å². The van der Waals surface area contributed by atoms with Crippen molar-refractivity contribution in [1.82, 2.24) is 15.0 Å². The van der Waals surface area contributed by atoms with Crippen molar-refractivity contribution in [3.8, 4) is 11.3 Å². The SMILES string of the molecule is c1coc(-c2c3ccc4cccnc4c3nc3c2ccc2cccnc23)c1. The van der Waals surface area contributed by atoms with Crippen LogP contribution in [0.1, 0.15) is 0 Å². The Morgan fingerprint density at radius 1 is 0.593 bits per heavy atom. The fourth-order valence-corrected chi connectivity index (χ4v) is 3.83. The molecule has 2 aromatic carbocycles. The summed E-state index contributed by atoms with van der Waals surface area (Å²) in [5.74, 6) is 0.818. The second kappa shape index (κ2) is 5.35. The first-order valence-electron chi connectivity index (χ1n) is 8.79. The minimum atomic E-state index is 0.818. The Labute approximate surface area is 154 Å². The summed E-state index contributed by atoms with van der Waals surface area (Å²) in [6.07, 6.45) is 5.31. The summed E-state index contributed by atoms with van der Waals surface area (Å²) in [5.41, 5.74) is 4.53. The minimum Gasteiger partial charge on any atom is -0.464 e. The average Bonchev–Trinajstić information content (AvgIpc) is 3.26. The molecular weight excluding hydrogens is 334 g/mol. The molecular formula is C23H13N3O. The van der Waals surface area contributed by atoms with Crippen LogP contribution in [0.4, 0.5) is 0 Å². The van der Waals surface area contributed by atoms with Crippen molar-refractivity contribution in [3.63, 3.8) is 0 Å². The Balaban J connectivity index is 1.93. The highest BCUT2D eigenvalue weighted by Crippen LogP contribution is 2.38. The summed E-state index contributed by atoms with van der Waals surface area (Å²) in [6, 6.07) is 20.3. The lowest BCUT2D eigenvalue weighted by Gasteiger charge is -2.12. The molecule has 0 fully saturated rings.